The minimum absolute atomic E-state index is 0.836. The van der Waals surface area contributed by atoms with Crippen LogP contribution < -0.4 is 0 Å². The molecular weight excluding hydrogens is 368 g/mol. The highest BCUT2D eigenvalue weighted by molar-refractivity contribution is 5.81. The van der Waals surface area contributed by atoms with Gasteiger partial charge in [-0.25, -0.2) is 0 Å². The third-order valence-electron chi connectivity index (χ3n) is 5.94. The van der Waals surface area contributed by atoms with Crippen molar-refractivity contribution in [1.29, 1.82) is 0 Å². The van der Waals surface area contributed by atoms with Crippen molar-refractivity contribution < 1.29 is 4.74 Å². The zero-order chi connectivity index (χ0) is 20.4. The first-order valence-corrected chi connectivity index (χ1v) is 11.3. The second-order valence-electron chi connectivity index (χ2n) is 8.22. The fourth-order valence-electron chi connectivity index (χ4n) is 4.33. The number of benzene rings is 2. The lowest BCUT2D eigenvalue weighted by atomic mass is 9.97. The number of likely N-dealkylation sites (tertiary alicyclic amines) is 1. The molecule has 2 aromatic carbocycles. The first-order valence-electron chi connectivity index (χ1n) is 11.3. The van der Waals surface area contributed by atoms with Crippen LogP contribution in [0.25, 0.3) is 22.4 Å². The topological polar surface area (TPSA) is 25.4 Å². The summed E-state index contributed by atoms with van der Waals surface area (Å²) in [5, 5.41) is 0. The molecule has 0 amide bonds. The lowest BCUT2D eigenvalue weighted by Crippen LogP contribution is -2.34. The first kappa shape index (κ1) is 20.8. The Hall–Kier alpha value is -2.49. The zero-order valence-electron chi connectivity index (χ0n) is 17.7. The van der Waals surface area contributed by atoms with Crippen LogP contribution in [0.1, 0.15) is 25.7 Å². The molecule has 1 aromatic heterocycles. The van der Waals surface area contributed by atoms with Gasteiger partial charge in [0, 0.05) is 24.9 Å². The second-order valence-corrected chi connectivity index (χ2v) is 8.22. The van der Waals surface area contributed by atoms with E-state index in [4.69, 9.17) is 4.74 Å². The normalized spacial score (nSPS) is 19.1. The molecule has 2 saturated heterocycles. The molecule has 0 bridgehead atoms. The Labute approximate surface area is 180 Å². The van der Waals surface area contributed by atoms with Crippen LogP contribution in [0.5, 0.6) is 0 Å². The summed E-state index contributed by atoms with van der Waals surface area (Å²) in [6.07, 6.45) is 7.38. The predicted octanol–water partition coefficient (Wildman–Crippen LogP) is 5.92. The molecule has 3 aromatic rings. The van der Waals surface area contributed by atoms with Gasteiger partial charge in [-0.2, -0.15) is 0 Å². The largest absolute Gasteiger partial charge is 0.381 e. The van der Waals surface area contributed by atoms with E-state index in [1.807, 2.05) is 30.5 Å². The highest BCUT2D eigenvalue weighted by Crippen LogP contribution is 2.30. The molecule has 1 atom stereocenters. The summed E-state index contributed by atoms with van der Waals surface area (Å²) in [5.41, 5.74) is 4.62. The SMILES string of the molecule is C1CCN(CC2CCOC2)CC1.c1ccc(-c2ccccc2-c2ccccn2)cc1. The van der Waals surface area contributed by atoms with Gasteiger partial charge in [0.2, 0.25) is 0 Å². The second kappa shape index (κ2) is 11.1. The summed E-state index contributed by atoms with van der Waals surface area (Å²) in [7, 11) is 0. The minimum atomic E-state index is 0.836. The Bertz CT molecular complexity index is 811. The van der Waals surface area contributed by atoms with Gasteiger partial charge in [0.25, 0.3) is 0 Å². The summed E-state index contributed by atoms with van der Waals surface area (Å²) in [4.78, 5) is 7.05. The molecule has 0 spiro atoms. The van der Waals surface area contributed by atoms with Gasteiger partial charge in [-0.05, 0) is 61.5 Å². The van der Waals surface area contributed by atoms with E-state index in [9.17, 15) is 0 Å². The van der Waals surface area contributed by atoms with E-state index in [1.54, 1.807) is 0 Å². The minimum Gasteiger partial charge on any atom is -0.381 e. The smallest absolute Gasteiger partial charge is 0.0708 e. The molecule has 30 heavy (non-hydrogen) atoms. The van der Waals surface area contributed by atoms with Gasteiger partial charge in [0.05, 0.1) is 12.3 Å². The molecule has 0 radical (unpaired) electrons. The molecule has 2 fully saturated rings. The number of ether oxygens (including phenoxy) is 1. The van der Waals surface area contributed by atoms with E-state index >= 15 is 0 Å². The molecule has 2 aliphatic rings. The molecule has 3 heterocycles. The van der Waals surface area contributed by atoms with E-state index in [1.165, 1.54) is 62.0 Å². The monoisotopic (exact) mass is 400 g/mol. The van der Waals surface area contributed by atoms with E-state index < -0.39 is 0 Å². The molecular formula is C27H32N2O. The molecule has 1 unspecified atom stereocenters. The maximum absolute atomic E-state index is 5.37. The summed E-state index contributed by atoms with van der Waals surface area (Å²) in [5.74, 6) is 0.836. The lowest BCUT2D eigenvalue weighted by molar-refractivity contribution is 0.157. The first-order chi connectivity index (χ1) is 14.9. The van der Waals surface area contributed by atoms with E-state index in [0.717, 1.165) is 24.8 Å². The van der Waals surface area contributed by atoms with E-state index in [2.05, 4.69) is 58.4 Å². The summed E-state index contributed by atoms with van der Waals surface area (Å²) < 4.78 is 5.37. The van der Waals surface area contributed by atoms with Crippen molar-refractivity contribution in [3.8, 4) is 22.4 Å². The van der Waals surface area contributed by atoms with Crippen molar-refractivity contribution in [2.24, 2.45) is 5.92 Å². The fraction of sp³-hybridized carbons (Fsp3) is 0.370. The van der Waals surface area contributed by atoms with Crippen LogP contribution in [0.15, 0.2) is 79.0 Å². The standard InChI is InChI=1S/C17H13N.C10H19NO/c1-2-8-14(9-3-1)15-10-4-5-11-16(15)17-12-6-7-13-18-17;1-2-5-11(6-3-1)8-10-4-7-12-9-10/h1-13H;10H,1-9H2. The fourth-order valence-corrected chi connectivity index (χ4v) is 4.33. The maximum atomic E-state index is 5.37. The highest BCUT2D eigenvalue weighted by atomic mass is 16.5. The third kappa shape index (κ3) is 5.78. The van der Waals surface area contributed by atoms with Crippen molar-refractivity contribution in [1.82, 2.24) is 9.88 Å². The van der Waals surface area contributed by atoms with Crippen LogP contribution in [-0.2, 0) is 4.74 Å². The van der Waals surface area contributed by atoms with Crippen molar-refractivity contribution in [3.63, 3.8) is 0 Å². The van der Waals surface area contributed by atoms with Crippen LogP contribution in [-0.4, -0.2) is 42.7 Å². The quantitative estimate of drug-likeness (QED) is 0.543. The van der Waals surface area contributed by atoms with E-state index in [-0.39, 0.29) is 0 Å². The number of aromatic nitrogens is 1. The van der Waals surface area contributed by atoms with Crippen LogP contribution in [0.2, 0.25) is 0 Å². The van der Waals surface area contributed by atoms with Crippen LogP contribution in [0.3, 0.4) is 0 Å². The Kier molecular flexibility index (Phi) is 7.65. The molecule has 5 rings (SSSR count). The van der Waals surface area contributed by atoms with Gasteiger partial charge in [-0.15, -0.1) is 0 Å². The van der Waals surface area contributed by atoms with Crippen LogP contribution >= 0.6 is 0 Å². The Balaban J connectivity index is 0.000000158. The average Bonchev–Trinajstić information content (AvgIpc) is 3.34. The maximum Gasteiger partial charge on any atom is 0.0708 e. The molecule has 2 aliphatic heterocycles. The molecule has 3 heteroatoms. The summed E-state index contributed by atoms with van der Waals surface area (Å²) in [6.45, 7) is 5.96. The number of hydrogen-bond donors (Lipinski definition) is 0. The van der Waals surface area contributed by atoms with Crippen molar-refractivity contribution >= 4 is 0 Å². The van der Waals surface area contributed by atoms with Crippen molar-refractivity contribution in [2.75, 3.05) is 32.8 Å². The lowest BCUT2D eigenvalue weighted by Gasteiger charge is -2.28. The number of hydrogen-bond acceptors (Lipinski definition) is 3. The van der Waals surface area contributed by atoms with Crippen molar-refractivity contribution in [3.05, 3.63) is 79.0 Å². The van der Waals surface area contributed by atoms with Gasteiger partial charge in [-0.3, -0.25) is 4.98 Å². The Morgan fingerprint density at radius 3 is 2.23 bits per heavy atom. The van der Waals surface area contributed by atoms with Crippen LogP contribution in [0, 0.1) is 5.92 Å². The molecule has 0 saturated carbocycles. The van der Waals surface area contributed by atoms with Gasteiger partial charge >= 0.3 is 0 Å². The van der Waals surface area contributed by atoms with Gasteiger partial charge in [-0.1, -0.05) is 67.1 Å². The predicted molar refractivity (Wildman–Crippen MR) is 124 cm³/mol. The number of nitrogens with zero attached hydrogens (tertiary/aromatic N) is 2. The molecule has 0 N–H and O–H groups in total. The summed E-state index contributed by atoms with van der Waals surface area (Å²) in [6, 6.07) is 24.8. The molecule has 156 valence electrons. The zero-order valence-corrected chi connectivity index (χ0v) is 17.7. The number of rotatable bonds is 4. The number of pyridine rings is 1. The van der Waals surface area contributed by atoms with Gasteiger partial charge in [0.1, 0.15) is 0 Å². The molecule has 0 aliphatic carbocycles. The molecule has 3 nitrogen and oxygen atoms in total. The number of piperidine rings is 1. The Morgan fingerprint density at radius 2 is 1.53 bits per heavy atom. The van der Waals surface area contributed by atoms with Gasteiger partial charge < -0.3 is 9.64 Å². The highest BCUT2D eigenvalue weighted by Gasteiger charge is 2.19. The average molecular weight is 401 g/mol. The van der Waals surface area contributed by atoms with Crippen molar-refractivity contribution in [2.45, 2.75) is 25.7 Å². The third-order valence-corrected chi connectivity index (χ3v) is 5.94. The van der Waals surface area contributed by atoms with Crippen LogP contribution in [0.4, 0.5) is 0 Å². The van der Waals surface area contributed by atoms with E-state index in [0.29, 0.717) is 0 Å². The summed E-state index contributed by atoms with van der Waals surface area (Å²) >= 11 is 0. The Morgan fingerprint density at radius 1 is 0.800 bits per heavy atom. The van der Waals surface area contributed by atoms with Gasteiger partial charge in [0.15, 0.2) is 0 Å².